The van der Waals surface area contributed by atoms with E-state index in [0.29, 0.717) is 0 Å². The second-order valence-corrected chi connectivity index (χ2v) is 6.06. The van der Waals surface area contributed by atoms with Crippen molar-refractivity contribution in [2.75, 3.05) is 25.0 Å². The highest BCUT2D eigenvalue weighted by atomic mass is 35.5. The first-order valence-corrected chi connectivity index (χ1v) is 8.76. The van der Waals surface area contributed by atoms with Crippen LogP contribution in [0.2, 0.25) is 5.02 Å². The van der Waals surface area contributed by atoms with Crippen molar-refractivity contribution < 1.29 is 31.5 Å². The molecule has 0 aliphatic heterocycles. The number of rotatable bonds is 9. The molecule has 0 spiro atoms. The average molecular weight is 423 g/mol. The zero-order chi connectivity index (χ0) is 31.1. The lowest BCUT2D eigenvalue weighted by Gasteiger charge is -2.13. The van der Waals surface area contributed by atoms with Crippen molar-refractivity contribution in [1.29, 1.82) is 0 Å². The van der Waals surface area contributed by atoms with E-state index in [0.717, 1.165) is 0 Å². The van der Waals surface area contributed by atoms with Crippen LogP contribution in [0.3, 0.4) is 0 Å². The van der Waals surface area contributed by atoms with Crippen LogP contribution in [0.25, 0.3) is 11.1 Å². The van der Waals surface area contributed by atoms with Crippen molar-refractivity contribution in [3.8, 4) is 11.1 Å². The lowest BCUT2D eigenvalue weighted by molar-refractivity contribution is 0.0697. The Morgan fingerprint density at radius 2 is 1.72 bits per heavy atom. The van der Waals surface area contributed by atoms with Crippen molar-refractivity contribution in [3.05, 3.63) is 88.7 Å². The van der Waals surface area contributed by atoms with Gasteiger partial charge in [0, 0.05) is 30.3 Å². The highest BCUT2D eigenvalue weighted by Crippen LogP contribution is 2.23. The fourth-order valence-corrected chi connectivity index (χ4v) is 2.40. The maximum Gasteiger partial charge on any atom is 0.335 e. The second-order valence-electron chi connectivity index (χ2n) is 5.68. The minimum Gasteiger partial charge on any atom is -0.478 e. The summed E-state index contributed by atoms with van der Waals surface area (Å²) in [4.78, 5) is 11.6. The van der Waals surface area contributed by atoms with E-state index >= 15 is 0 Å². The van der Waals surface area contributed by atoms with Gasteiger partial charge in [-0.2, -0.15) is 0 Å². The molecule has 3 aromatic carbocycles. The maximum atomic E-state index is 11.6. The van der Waals surface area contributed by atoms with E-state index in [9.17, 15) is 15.0 Å². The number of aliphatic hydroxyl groups is 1. The molecule has 0 aliphatic rings. The van der Waals surface area contributed by atoms with Crippen LogP contribution in [0, 0.1) is 0 Å². The lowest BCUT2D eigenvalue weighted by Crippen LogP contribution is -2.26. The van der Waals surface area contributed by atoms with E-state index in [1.54, 1.807) is 0 Å². The Kier molecular flexibility index (Phi) is 3.56. The summed E-state index contributed by atoms with van der Waals surface area (Å²) in [6, 6.07) is -7.94. The Bertz CT molecular complexity index is 1540. The number of benzene rings is 3. The molecule has 4 N–H and O–H groups in total. The van der Waals surface area contributed by atoms with Gasteiger partial charge in [0.25, 0.3) is 0 Å². The molecule has 0 heterocycles. The number of anilines is 1. The molecular weight excluding hydrogens is 388 g/mol. The number of halogens is 1. The smallest absolute Gasteiger partial charge is 0.335 e. The molecule has 1 atom stereocenters. The van der Waals surface area contributed by atoms with E-state index in [1.807, 2.05) is 0 Å². The van der Waals surface area contributed by atoms with E-state index in [4.69, 9.17) is 28.1 Å². The predicted molar refractivity (Wildman–Crippen MR) is 117 cm³/mol. The number of carboxylic acids is 1. The molecule has 0 radical (unpaired) electrons. The van der Waals surface area contributed by atoms with Crippen LogP contribution in [0.4, 0.5) is 5.69 Å². The third kappa shape index (κ3) is 6.06. The fraction of sp³-hybridized carbons (Fsp3) is 0.174. The summed E-state index contributed by atoms with van der Waals surface area (Å²) in [5.74, 6) is -1.71. The van der Waals surface area contributed by atoms with Crippen LogP contribution in [0.15, 0.2) is 72.5 Å². The first-order valence-electron chi connectivity index (χ1n) is 14.4. The SMILES string of the molecule is [2H]c1c([2H])c(NCCNC[C@H](O)c2c([2H])c([2H])c([2H])c(Cl)c2[2H])c([2H])c(-c2c([2H])c([2H])c([2H])c(C(=O)O)c2[2H])c1[2H]. The second kappa shape index (κ2) is 10.1. The molecular formula is C23H23ClN2O3. The van der Waals surface area contributed by atoms with Crippen LogP contribution in [0.5, 0.6) is 0 Å². The van der Waals surface area contributed by atoms with Gasteiger partial charge in [-0.15, -0.1) is 0 Å². The Morgan fingerprint density at radius 1 is 1.00 bits per heavy atom. The van der Waals surface area contributed by atoms with Gasteiger partial charge in [-0.05, 0) is 52.9 Å². The lowest BCUT2D eigenvalue weighted by atomic mass is 10.0. The number of aliphatic hydroxyl groups excluding tert-OH is 1. The summed E-state index contributed by atoms with van der Waals surface area (Å²) in [6.45, 7) is -0.181. The monoisotopic (exact) mass is 422 g/mol. The molecule has 5 nitrogen and oxygen atoms in total. The molecule has 0 amide bonds. The summed E-state index contributed by atoms with van der Waals surface area (Å²) >= 11 is 5.87. The molecule has 0 unspecified atom stereocenters. The van der Waals surface area contributed by atoms with Crippen LogP contribution >= 0.6 is 11.6 Å². The quantitative estimate of drug-likeness (QED) is 0.383. The zero-order valence-corrected chi connectivity index (χ0v) is 15.6. The molecule has 0 aliphatic carbocycles. The first-order chi connectivity index (χ1) is 19.1. The van der Waals surface area contributed by atoms with E-state index < -0.39 is 101 Å². The van der Waals surface area contributed by atoms with Crippen molar-refractivity contribution in [2.24, 2.45) is 0 Å². The molecule has 0 fully saturated rings. The fourth-order valence-electron chi connectivity index (χ4n) is 2.25. The van der Waals surface area contributed by atoms with Gasteiger partial charge in [-0.3, -0.25) is 0 Å². The van der Waals surface area contributed by atoms with Gasteiger partial charge >= 0.3 is 5.97 Å². The first kappa shape index (κ1) is 10.3. The van der Waals surface area contributed by atoms with Crippen molar-refractivity contribution in [1.82, 2.24) is 5.32 Å². The number of carbonyl (C=O) groups is 1. The number of aromatic carboxylic acids is 1. The number of nitrogens with one attached hydrogen (secondary N) is 2. The van der Waals surface area contributed by atoms with Gasteiger partial charge in [0.2, 0.25) is 0 Å². The topological polar surface area (TPSA) is 81.6 Å². The van der Waals surface area contributed by atoms with Crippen molar-refractivity contribution in [2.45, 2.75) is 6.10 Å². The van der Waals surface area contributed by atoms with E-state index in [2.05, 4.69) is 10.6 Å². The van der Waals surface area contributed by atoms with E-state index in [-0.39, 0.29) is 35.9 Å². The molecule has 150 valence electrons. The van der Waals surface area contributed by atoms with Gasteiger partial charge < -0.3 is 20.8 Å². The summed E-state index contributed by atoms with van der Waals surface area (Å²) in [6.07, 6.45) is -1.43. The minimum atomic E-state index is -1.71. The molecule has 0 bridgehead atoms. The van der Waals surface area contributed by atoms with Gasteiger partial charge in [0.15, 0.2) is 0 Å². The summed E-state index contributed by atoms with van der Waals surface area (Å²) in [7, 11) is 0. The van der Waals surface area contributed by atoms with Crippen LogP contribution < -0.4 is 10.6 Å². The average Bonchev–Trinajstić information content (AvgIpc) is 2.91. The zero-order valence-electron chi connectivity index (χ0n) is 26.9. The number of hydrogen-bond acceptors (Lipinski definition) is 4. The largest absolute Gasteiger partial charge is 0.478 e. The normalized spacial score (nSPS) is 17.6. The summed E-state index contributed by atoms with van der Waals surface area (Å²) in [5.41, 5.74) is -2.53. The molecule has 0 aromatic heterocycles. The van der Waals surface area contributed by atoms with Crippen molar-refractivity contribution >= 4 is 23.3 Å². The minimum absolute atomic E-state index is 0.0323. The van der Waals surface area contributed by atoms with Gasteiger partial charge in [0.1, 0.15) is 0 Å². The molecule has 0 saturated heterocycles. The Balaban J connectivity index is 1.88. The van der Waals surface area contributed by atoms with Gasteiger partial charge in [-0.1, -0.05) is 47.9 Å². The summed E-state index contributed by atoms with van der Waals surface area (Å²) < 4.78 is 96.8. The third-order valence-electron chi connectivity index (χ3n) is 3.60. The van der Waals surface area contributed by atoms with Gasteiger partial charge in [0.05, 0.1) is 28.1 Å². The van der Waals surface area contributed by atoms with Gasteiger partial charge in [-0.25, -0.2) is 4.79 Å². The number of carboxylic acid groups (broad SMARTS) is 1. The molecule has 6 heteroatoms. The Morgan fingerprint density at radius 3 is 2.52 bits per heavy atom. The van der Waals surface area contributed by atoms with Crippen LogP contribution in [-0.2, 0) is 0 Å². The van der Waals surface area contributed by atoms with Crippen molar-refractivity contribution in [3.63, 3.8) is 0 Å². The highest BCUT2D eigenvalue weighted by Gasteiger charge is 2.07. The molecule has 29 heavy (non-hydrogen) atoms. The third-order valence-corrected chi connectivity index (χ3v) is 3.79. The molecule has 3 aromatic rings. The molecule has 3 rings (SSSR count). The van der Waals surface area contributed by atoms with Crippen LogP contribution in [0.1, 0.15) is 38.5 Å². The molecule has 0 saturated carbocycles. The van der Waals surface area contributed by atoms with E-state index in [1.165, 1.54) is 0 Å². The Labute approximate surface area is 191 Å². The predicted octanol–water partition coefficient (Wildman–Crippen LogP) is 4.44. The highest BCUT2D eigenvalue weighted by molar-refractivity contribution is 6.30. The maximum absolute atomic E-state index is 11.6. The van der Waals surface area contributed by atoms with Crippen LogP contribution in [-0.4, -0.2) is 35.8 Å². The summed E-state index contributed by atoms with van der Waals surface area (Å²) in [5, 5.41) is 25.1. The standard InChI is InChI=1S/C23H23ClN2O3/c24-20-8-2-6-18(13-20)22(27)15-25-10-11-26-21-9-3-5-17(14-21)16-4-1-7-19(12-16)23(28)29/h1-9,12-14,22,25-27H,10-11,15H2,(H,28,29)/t22-/m0/s1/i1D,2D,3D,4D,5D,6D,7D,8D,9D,12D,13D,14D. The number of hydrogen-bond donors (Lipinski definition) is 4. The Hall–Kier alpha value is -2.86.